The molecule has 3 aromatic carbocycles. The number of carbonyl (C=O) groups is 1. The Bertz CT molecular complexity index is 1530. The minimum atomic E-state index is -0.692. The molecule has 206 valence electrons. The first kappa shape index (κ1) is 27.2. The first-order valence-corrected chi connectivity index (χ1v) is 13.2. The Morgan fingerprint density at radius 2 is 1.75 bits per heavy atom. The van der Waals surface area contributed by atoms with Crippen molar-refractivity contribution in [1.82, 2.24) is 14.9 Å². The summed E-state index contributed by atoms with van der Waals surface area (Å²) < 4.78 is 15.4. The van der Waals surface area contributed by atoms with Gasteiger partial charge in [-0.05, 0) is 50.3 Å². The number of hydrogen-bond acceptors (Lipinski definition) is 7. The second-order valence-corrected chi connectivity index (χ2v) is 10.5. The lowest BCUT2D eigenvalue weighted by Gasteiger charge is -2.38. The molecule has 1 aliphatic heterocycles. The fourth-order valence-electron chi connectivity index (χ4n) is 4.95. The largest absolute Gasteiger partial charge is 0.389 e. The SMILES string of the molecule is C=CC(=O)Nc1cccc(-c2cccc3cnc(Nc4ccc(N5CCN(CC(C)(C)O)CC5)cc4)nc23)c1F. The van der Waals surface area contributed by atoms with Crippen molar-refractivity contribution in [3.05, 3.63) is 85.3 Å². The zero-order chi connectivity index (χ0) is 28.3. The van der Waals surface area contributed by atoms with E-state index in [0.29, 0.717) is 29.1 Å². The maximum absolute atomic E-state index is 15.4. The lowest BCUT2D eigenvalue weighted by Crippen LogP contribution is -2.50. The van der Waals surface area contributed by atoms with E-state index in [4.69, 9.17) is 4.98 Å². The maximum atomic E-state index is 15.4. The van der Waals surface area contributed by atoms with Crippen LogP contribution in [0.2, 0.25) is 0 Å². The molecule has 2 heterocycles. The van der Waals surface area contributed by atoms with Gasteiger partial charge in [-0.25, -0.2) is 14.4 Å². The number of nitrogens with one attached hydrogen (secondary N) is 2. The molecule has 8 nitrogen and oxygen atoms in total. The van der Waals surface area contributed by atoms with E-state index in [2.05, 4.69) is 44.1 Å². The second kappa shape index (κ2) is 11.4. The van der Waals surface area contributed by atoms with Crippen LogP contribution in [0.15, 0.2) is 79.5 Å². The zero-order valence-corrected chi connectivity index (χ0v) is 22.7. The van der Waals surface area contributed by atoms with E-state index in [1.165, 1.54) is 6.07 Å². The monoisotopic (exact) mass is 540 g/mol. The highest BCUT2D eigenvalue weighted by Crippen LogP contribution is 2.33. The first-order valence-electron chi connectivity index (χ1n) is 13.2. The molecule has 0 saturated carbocycles. The third-order valence-electron chi connectivity index (χ3n) is 6.81. The summed E-state index contributed by atoms with van der Waals surface area (Å²) in [5.74, 6) is -0.638. The number of para-hydroxylation sites is 1. The van der Waals surface area contributed by atoms with Gasteiger partial charge in [-0.2, -0.15) is 0 Å². The Kier molecular flexibility index (Phi) is 7.77. The highest BCUT2D eigenvalue weighted by atomic mass is 19.1. The van der Waals surface area contributed by atoms with Crippen molar-refractivity contribution in [3.8, 4) is 11.1 Å². The number of hydrogen-bond donors (Lipinski definition) is 3. The summed E-state index contributed by atoms with van der Waals surface area (Å²) in [5, 5.41) is 16.6. The third kappa shape index (κ3) is 6.27. The van der Waals surface area contributed by atoms with Gasteiger partial charge >= 0.3 is 0 Å². The predicted octanol–water partition coefficient (Wildman–Crippen LogP) is 5.20. The van der Waals surface area contributed by atoms with Crippen molar-refractivity contribution in [2.45, 2.75) is 19.4 Å². The summed E-state index contributed by atoms with van der Waals surface area (Å²) in [4.78, 5) is 25.5. The standard InChI is InChI=1S/C31H33FN6O2/c1-4-27(39)35-26-10-6-8-24(28(26)32)25-9-5-7-21-19-33-30(36-29(21)25)34-22-11-13-23(14-12-22)38-17-15-37(16-18-38)20-31(2,3)40/h4-14,19,40H,1,15-18,20H2,2-3H3,(H,35,39)(H,33,34,36). The summed E-state index contributed by atoms with van der Waals surface area (Å²) in [7, 11) is 0. The van der Waals surface area contributed by atoms with Crippen LogP contribution < -0.4 is 15.5 Å². The van der Waals surface area contributed by atoms with Crippen molar-refractivity contribution < 1.29 is 14.3 Å². The van der Waals surface area contributed by atoms with E-state index in [9.17, 15) is 9.90 Å². The number of amides is 1. The van der Waals surface area contributed by atoms with Crippen LogP contribution in [0, 0.1) is 5.82 Å². The molecule has 4 aromatic rings. The van der Waals surface area contributed by atoms with Gasteiger partial charge in [0.2, 0.25) is 11.9 Å². The average molecular weight is 541 g/mol. The Morgan fingerprint density at radius 1 is 1.05 bits per heavy atom. The molecule has 40 heavy (non-hydrogen) atoms. The molecule has 5 rings (SSSR count). The van der Waals surface area contributed by atoms with Crippen LogP contribution in [0.5, 0.6) is 0 Å². The van der Waals surface area contributed by atoms with Gasteiger partial charge < -0.3 is 20.6 Å². The number of benzene rings is 3. The second-order valence-electron chi connectivity index (χ2n) is 10.5. The van der Waals surface area contributed by atoms with Crippen molar-refractivity contribution in [2.75, 3.05) is 48.3 Å². The topological polar surface area (TPSA) is 93.6 Å². The highest BCUT2D eigenvalue weighted by Gasteiger charge is 2.23. The molecule has 0 radical (unpaired) electrons. The molecule has 3 N–H and O–H groups in total. The Hall–Kier alpha value is -4.34. The van der Waals surface area contributed by atoms with Gasteiger partial charge in [0, 0.05) is 66.8 Å². The molecule has 0 bridgehead atoms. The normalized spacial score (nSPS) is 14.2. The van der Waals surface area contributed by atoms with Crippen molar-refractivity contribution >= 4 is 39.8 Å². The van der Waals surface area contributed by atoms with E-state index in [-0.39, 0.29) is 5.69 Å². The number of rotatable bonds is 8. The molecule has 1 saturated heterocycles. The summed E-state index contributed by atoms with van der Waals surface area (Å²) in [6.07, 6.45) is 2.80. The zero-order valence-electron chi connectivity index (χ0n) is 22.7. The van der Waals surface area contributed by atoms with E-state index >= 15 is 4.39 Å². The minimum Gasteiger partial charge on any atom is -0.389 e. The van der Waals surface area contributed by atoms with E-state index < -0.39 is 17.3 Å². The van der Waals surface area contributed by atoms with Crippen LogP contribution in [-0.2, 0) is 4.79 Å². The average Bonchev–Trinajstić information content (AvgIpc) is 2.94. The lowest BCUT2D eigenvalue weighted by molar-refractivity contribution is -0.111. The van der Waals surface area contributed by atoms with Crippen molar-refractivity contribution in [2.24, 2.45) is 0 Å². The molecule has 1 fully saturated rings. The molecular weight excluding hydrogens is 507 g/mol. The number of anilines is 4. The Morgan fingerprint density at radius 3 is 2.45 bits per heavy atom. The molecule has 9 heteroatoms. The predicted molar refractivity (Wildman–Crippen MR) is 158 cm³/mol. The van der Waals surface area contributed by atoms with Gasteiger partial charge in [-0.1, -0.05) is 36.9 Å². The molecule has 1 aliphatic rings. The number of β-amino-alcohol motifs (C(OH)–C–C–N with tert-alkyl or cyclic N) is 1. The fraction of sp³-hybridized carbons (Fsp3) is 0.258. The molecule has 0 atom stereocenters. The summed E-state index contributed by atoms with van der Waals surface area (Å²) in [5.41, 5.74) is 2.86. The minimum absolute atomic E-state index is 0.0746. The van der Waals surface area contributed by atoms with E-state index in [0.717, 1.165) is 49.0 Å². The third-order valence-corrected chi connectivity index (χ3v) is 6.81. The lowest BCUT2D eigenvalue weighted by atomic mass is 10.0. The van der Waals surface area contributed by atoms with Gasteiger partial charge in [0.1, 0.15) is 0 Å². The van der Waals surface area contributed by atoms with Crippen LogP contribution in [0.4, 0.5) is 27.4 Å². The number of carbonyl (C=O) groups excluding carboxylic acids is 1. The van der Waals surface area contributed by atoms with Crippen LogP contribution in [0.1, 0.15) is 13.8 Å². The number of aliphatic hydroxyl groups is 1. The molecule has 0 aliphatic carbocycles. The van der Waals surface area contributed by atoms with Crippen LogP contribution in [0.25, 0.3) is 22.0 Å². The fourth-order valence-corrected chi connectivity index (χ4v) is 4.95. The number of nitrogens with zero attached hydrogens (tertiary/aromatic N) is 4. The van der Waals surface area contributed by atoms with Gasteiger partial charge in [0.05, 0.1) is 16.8 Å². The number of fused-ring (bicyclic) bond motifs is 1. The van der Waals surface area contributed by atoms with Gasteiger partial charge in [-0.3, -0.25) is 9.69 Å². The summed E-state index contributed by atoms with van der Waals surface area (Å²) >= 11 is 0. The van der Waals surface area contributed by atoms with Gasteiger partial charge in [-0.15, -0.1) is 0 Å². The Balaban J connectivity index is 1.33. The number of aromatic nitrogens is 2. The van der Waals surface area contributed by atoms with E-state index in [1.54, 1.807) is 24.4 Å². The van der Waals surface area contributed by atoms with Crippen LogP contribution >= 0.6 is 0 Å². The van der Waals surface area contributed by atoms with Crippen LogP contribution in [0.3, 0.4) is 0 Å². The molecular formula is C31H33FN6O2. The first-order chi connectivity index (χ1) is 19.2. The van der Waals surface area contributed by atoms with E-state index in [1.807, 2.05) is 38.1 Å². The number of piperazine rings is 1. The highest BCUT2D eigenvalue weighted by molar-refractivity contribution is 6.00. The molecule has 1 aromatic heterocycles. The summed E-state index contributed by atoms with van der Waals surface area (Å²) in [6, 6.07) is 18.5. The maximum Gasteiger partial charge on any atom is 0.247 e. The summed E-state index contributed by atoms with van der Waals surface area (Å²) in [6.45, 7) is 11.4. The molecule has 1 amide bonds. The smallest absolute Gasteiger partial charge is 0.247 e. The van der Waals surface area contributed by atoms with Crippen molar-refractivity contribution in [3.63, 3.8) is 0 Å². The quantitative estimate of drug-likeness (QED) is 0.265. The van der Waals surface area contributed by atoms with Crippen molar-refractivity contribution in [1.29, 1.82) is 0 Å². The van der Waals surface area contributed by atoms with Gasteiger partial charge in [0.15, 0.2) is 5.82 Å². The number of halogens is 1. The van der Waals surface area contributed by atoms with Crippen LogP contribution in [-0.4, -0.2) is 64.2 Å². The molecule has 0 spiro atoms. The Labute approximate surface area is 233 Å². The van der Waals surface area contributed by atoms with Gasteiger partial charge in [0.25, 0.3) is 0 Å². The molecule has 0 unspecified atom stereocenters.